The lowest BCUT2D eigenvalue weighted by Crippen LogP contribution is -2.49. The predicted molar refractivity (Wildman–Crippen MR) is 118 cm³/mol. The van der Waals surface area contributed by atoms with Crippen molar-refractivity contribution in [2.75, 3.05) is 24.6 Å². The molecule has 1 fully saturated rings. The third-order valence-electron chi connectivity index (χ3n) is 4.59. The molecule has 3 rings (SSSR count). The molecule has 30 heavy (non-hydrogen) atoms. The lowest BCUT2D eigenvalue weighted by Gasteiger charge is -2.23. The second-order valence-electron chi connectivity index (χ2n) is 6.77. The van der Waals surface area contributed by atoms with Gasteiger partial charge in [-0.15, -0.1) is 0 Å². The summed E-state index contributed by atoms with van der Waals surface area (Å²) in [4.78, 5) is 27.1. The Kier molecular flexibility index (Phi) is 7.30. The van der Waals surface area contributed by atoms with Gasteiger partial charge < -0.3 is 10.2 Å². The third kappa shape index (κ3) is 5.94. The highest BCUT2D eigenvalue weighted by Crippen LogP contribution is 2.14. The summed E-state index contributed by atoms with van der Waals surface area (Å²) < 4.78 is 22.7. The second kappa shape index (κ2) is 9.92. The Bertz CT molecular complexity index is 1020. The van der Waals surface area contributed by atoms with Crippen molar-refractivity contribution in [1.82, 2.24) is 10.2 Å². The SMILES string of the molecule is NS(=O)(=O)c1ccc(C(=O)NC2CSCCN(CC=Cc3ccccc3)C2=O)cc1. The molecule has 1 atom stereocenters. The van der Waals surface area contributed by atoms with Gasteiger partial charge in [-0.2, -0.15) is 11.8 Å². The molecule has 1 saturated heterocycles. The number of primary sulfonamides is 1. The van der Waals surface area contributed by atoms with E-state index in [0.29, 0.717) is 18.8 Å². The first-order valence-electron chi connectivity index (χ1n) is 9.36. The number of carbonyl (C=O) groups excluding carboxylic acids is 2. The van der Waals surface area contributed by atoms with E-state index in [0.717, 1.165) is 11.3 Å². The van der Waals surface area contributed by atoms with E-state index in [-0.39, 0.29) is 16.4 Å². The molecule has 3 N–H and O–H groups in total. The molecule has 0 aromatic heterocycles. The van der Waals surface area contributed by atoms with Crippen molar-refractivity contribution in [3.63, 3.8) is 0 Å². The number of carbonyl (C=O) groups is 2. The van der Waals surface area contributed by atoms with E-state index >= 15 is 0 Å². The lowest BCUT2D eigenvalue weighted by molar-refractivity contribution is -0.131. The van der Waals surface area contributed by atoms with Crippen molar-refractivity contribution in [2.45, 2.75) is 10.9 Å². The van der Waals surface area contributed by atoms with Crippen LogP contribution < -0.4 is 10.5 Å². The fourth-order valence-corrected chi connectivity index (χ4v) is 4.47. The fraction of sp³-hybridized carbons (Fsp3) is 0.238. The number of hydrogen-bond acceptors (Lipinski definition) is 5. The number of amides is 2. The van der Waals surface area contributed by atoms with Crippen LogP contribution in [0.4, 0.5) is 0 Å². The minimum Gasteiger partial charge on any atom is -0.339 e. The standard InChI is InChI=1S/C21H23N3O4S2/c22-30(27,28)18-10-8-17(9-11-18)20(25)23-19-15-29-14-13-24(21(19)26)12-4-7-16-5-2-1-3-6-16/h1-11,19H,12-15H2,(H,23,25)(H2,22,27,28). The molecule has 1 aliphatic rings. The summed E-state index contributed by atoms with van der Waals surface area (Å²) in [5.74, 6) is 0.711. The first-order valence-corrected chi connectivity index (χ1v) is 12.1. The molecule has 1 heterocycles. The van der Waals surface area contributed by atoms with Crippen LogP contribution in [0.5, 0.6) is 0 Å². The zero-order chi connectivity index (χ0) is 21.6. The molecular formula is C21H23N3O4S2. The van der Waals surface area contributed by atoms with E-state index < -0.39 is 22.0 Å². The van der Waals surface area contributed by atoms with Crippen molar-refractivity contribution >= 4 is 39.7 Å². The normalized spacial score (nSPS) is 17.7. The minimum atomic E-state index is -3.82. The molecule has 0 saturated carbocycles. The highest BCUT2D eigenvalue weighted by Gasteiger charge is 2.28. The van der Waals surface area contributed by atoms with Crippen molar-refractivity contribution in [3.05, 3.63) is 71.8 Å². The maximum atomic E-state index is 12.9. The van der Waals surface area contributed by atoms with Crippen LogP contribution >= 0.6 is 11.8 Å². The molecule has 0 spiro atoms. The summed E-state index contributed by atoms with van der Waals surface area (Å²) in [5.41, 5.74) is 1.32. The minimum absolute atomic E-state index is 0.0727. The van der Waals surface area contributed by atoms with Gasteiger partial charge in [0.15, 0.2) is 0 Å². The molecular weight excluding hydrogens is 422 g/mol. The number of benzene rings is 2. The van der Waals surface area contributed by atoms with Crippen LogP contribution in [0.2, 0.25) is 0 Å². The molecule has 1 aliphatic heterocycles. The number of hydrogen-bond donors (Lipinski definition) is 2. The summed E-state index contributed by atoms with van der Waals surface area (Å²) in [7, 11) is -3.82. The molecule has 0 radical (unpaired) electrons. The summed E-state index contributed by atoms with van der Waals surface area (Å²) in [5, 5.41) is 7.84. The van der Waals surface area contributed by atoms with Crippen LogP contribution in [-0.4, -0.2) is 55.8 Å². The van der Waals surface area contributed by atoms with Crippen LogP contribution in [-0.2, 0) is 14.8 Å². The number of thioether (sulfide) groups is 1. The molecule has 2 aromatic carbocycles. The van der Waals surface area contributed by atoms with Crippen LogP contribution in [0.25, 0.3) is 6.08 Å². The van der Waals surface area contributed by atoms with Gasteiger partial charge in [0.2, 0.25) is 15.9 Å². The monoisotopic (exact) mass is 445 g/mol. The van der Waals surface area contributed by atoms with Crippen LogP contribution in [0.3, 0.4) is 0 Å². The Hall–Kier alpha value is -2.62. The maximum absolute atomic E-state index is 12.9. The zero-order valence-electron chi connectivity index (χ0n) is 16.2. The molecule has 2 amide bonds. The van der Waals surface area contributed by atoms with E-state index in [9.17, 15) is 18.0 Å². The lowest BCUT2D eigenvalue weighted by atomic mass is 10.2. The maximum Gasteiger partial charge on any atom is 0.251 e. The first-order chi connectivity index (χ1) is 14.3. The molecule has 0 bridgehead atoms. The van der Waals surface area contributed by atoms with Crippen LogP contribution in [0, 0.1) is 0 Å². The Balaban J connectivity index is 1.64. The van der Waals surface area contributed by atoms with Gasteiger partial charge in [0, 0.05) is 30.2 Å². The van der Waals surface area contributed by atoms with Gasteiger partial charge in [0.25, 0.3) is 5.91 Å². The van der Waals surface area contributed by atoms with Gasteiger partial charge >= 0.3 is 0 Å². The molecule has 2 aromatic rings. The summed E-state index contributed by atoms with van der Waals surface area (Å²) >= 11 is 1.61. The Morgan fingerprint density at radius 3 is 2.53 bits per heavy atom. The Morgan fingerprint density at radius 1 is 1.17 bits per heavy atom. The van der Waals surface area contributed by atoms with Gasteiger partial charge in [-0.25, -0.2) is 13.6 Å². The topological polar surface area (TPSA) is 110 Å². The van der Waals surface area contributed by atoms with Crippen molar-refractivity contribution in [3.8, 4) is 0 Å². The van der Waals surface area contributed by atoms with Crippen molar-refractivity contribution < 1.29 is 18.0 Å². The molecule has 0 aliphatic carbocycles. The average Bonchev–Trinajstić information content (AvgIpc) is 2.90. The van der Waals surface area contributed by atoms with E-state index in [2.05, 4.69) is 5.32 Å². The smallest absolute Gasteiger partial charge is 0.251 e. The highest BCUT2D eigenvalue weighted by molar-refractivity contribution is 7.99. The van der Waals surface area contributed by atoms with Gasteiger partial charge in [-0.1, -0.05) is 42.5 Å². The van der Waals surface area contributed by atoms with Gasteiger partial charge in [-0.05, 0) is 29.8 Å². The molecule has 158 valence electrons. The summed E-state index contributed by atoms with van der Waals surface area (Å²) in [6, 6.07) is 14.5. The number of nitrogens with two attached hydrogens (primary N) is 1. The Labute approximate surface area is 180 Å². The second-order valence-corrected chi connectivity index (χ2v) is 9.48. The number of nitrogens with zero attached hydrogens (tertiary/aromatic N) is 1. The van der Waals surface area contributed by atoms with Gasteiger partial charge in [-0.3, -0.25) is 9.59 Å². The van der Waals surface area contributed by atoms with E-state index in [1.54, 1.807) is 16.7 Å². The van der Waals surface area contributed by atoms with Crippen molar-refractivity contribution in [2.24, 2.45) is 5.14 Å². The molecule has 9 heteroatoms. The molecule has 1 unspecified atom stereocenters. The van der Waals surface area contributed by atoms with Gasteiger partial charge in [0.1, 0.15) is 6.04 Å². The third-order valence-corrected chi connectivity index (χ3v) is 6.56. The quantitative estimate of drug-likeness (QED) is 0.704. The fourth-order valence-electron chi connectivity index (χ4n) is 2.98. The number of rotatable bonds is 6. The highest BCUT2D eigenvalue weighted by atomic mass is 32.2. The van der Waals surface area contributed by atoms with Crippen LogP contribution in [0.1, 0.15) is 15.9 Å². The van der Waals surface area contributed by atoms with Crippen LogP contribution in [0.15, 0.2) is 65.6 Å². The van der Waals surface area contributed by atoms with E-state index in [1.165, 1.54) is 24.3 Å². The number of sulfonamides is 1. The van der Waals surface area contributed by atoms with Crippen molar-refractivity contribution in [1.29, 1.82) is 0 Å². The number of nitrogens with one attached hydrogen (secondary N) is 1. The first kappa shape index (κ1) is 22.1. The Morgan fingerprint density at radius 2 is 1.87 bits per heavy atom. The average molecular weight is 446 g/mol. The predicted octanol–water partition coefficient (Wildman–Crippen LogP) is 1.72. The van der Waals surface area contributed by atoms with Gasteiger partial charge in [0.05, 0.1) is 4.90 Å². The van der Waals surface area contributed by atoms with E-state index in [1.807, 2.05) is 42.5 Å². The largest absolute Gasteiger partial charge is 0.339 e. The molecule has 7 nitrogen and oxygen atoms in total. The zero-order valence-corrected chi connectivity index (χ0v) is 17.9. The van der Waals surface area contributed by atoms with E-state index in [4.69, 9.17) is 5.14 Å². The summed E-state index contributed by atoms with van der Waals surface area (Å²) in [6.07, 6.45) is 3.90. The summed E-state index contributed by atoms with van der Waals surface area (Å²) in [6.45, 7) is 1.07.